The van der Waals surface area contributed by atoms with E-state index in [4.69, 9.17) is 4.74 Å². The number of hydrogen-bond acceptors (Lipinski definition) is 6. The molecule has 20 heavy (non-hydrogen) atoms. The Morgan fingerprint density at radius 3 is 2.80 bits per heavy atom. The number of sulfone groups is 1. The molecule has 1 atom stereocenters. The molecule has 7 nitrogen and oxygen atoms in total. The Kier molecular flexibility index (Phi) is 4.24. The Morgan fingerprint density at radius 2 is 2.25 bits per heavy atom. The fourth-order valence-corrected chi connectivity index (χ4v) is 3.01. The van der Waals surface area contributed by atoms with Crippen LogP contribution in [-0.2, 0) is 9.84 Å². The molecular formula is C12H16N2O5S. The average Bonchev–Trinajstić information content (AvgIpc) is 2.87. The molecule has 8 heteroatoms. The molecule has 1 heterocycles. The molecule has 1 fully saturated rings. The van der Waals surface area contributed by atoms with Gasteiger partial charge in [0.05, 0.1) is 11.5 Å². The highest BCUT2D eigenvalue weighted by Gasteiger charge is 2.27. The van der Waals surface area contributed by atoms with Crippen LogP contribution >= 0.6 is 0 Å². The number of rotatable bonds is 5. The largest absolute Gasteiger partial charge is 0.486 e. The van der Waals surface area contributed by atoms with Gasteiger partial charge in [0.15, 0.2) is 15.6 Å². The van der Waals surface area contributed by atoms with Crippen LogP contribution in [0, 0.1) is 16.0 Å². The molecule has 1 aliphatic heterocycles. The van der Waals surface area contributed by atoms with Crippen molar-refractivity contribution in [3.8, 4) is 5.75 Å². The third kappa shape index (κ3) is 3.26. The normalized spacial score (nSPS) is 18.9. The van der Waals surface area contributed by atoms with Crippen LogP contribution in [0.4, 0.5) is 5.69 Å². The Hall–Kier alpha value is -1.67. The highest BCUT2D eigenvalue weighted by Crippen LogP contribution is 2.34. The number of benzene rings is 1. The Labute approximate surface area is 117 Å². The maximum Gasteiger partial charge on any atom is 0.329 e. The standard InChI is InChI=1S/C12H16N2O5S/c1-20(17,18)11-4-2-3-10(12(11)14(15)16)19-8-9-5-6-13-7-9/h2-4,9,13H,5-8H2,1H3. The first kappa shape index (κ1) is 14.7. The summed E-state index contributed by atoms with van der Waals surface area (Å²) in [6, 6.07) is 4.10. The molecule has 1 aliphatic rings. The molecule has 0 spiro atoms. The molecule has 0 saturated carbocycles. The predicted octanol–water partition coefficient (Wildman–Crippen LogP) is 0.987. The smallest absolute Gasteiger partial charge is 0.329 e. The summed E-state index contributed by atoms with van der Waals surface area (Å²) in [5, 5.41) is 14.3. The second-order valence-electron chi connectivity index (χ2n) is 4.80. The maximum atomic E-state index is 11.6. The summed E-state index contributed by atoms with van der Waals surface area (Å²) in [7, 11) is -3.67. The number of para-hydroxylation sites is 1. The van der Waals surface area contributed by atoms with E-state index in [1.165, 1.54) is 18.2 Å². The number of nitro groups is 1. The average molecular weight is 300 g/mol. The van der Waals surface area contributed by atoms with Crippen LogP contribution in [0.15, 0.2) is 23.1 Å². The molecule has 0 aliphatic carbocycles. The zero-order chi connectivity index (χ0) is 14.8. The number of ether oxygens (including phenoxy) is 1. The Balaban J connectivity index is 2.30. The summed E-state index contributed by atoms with van der Waals surface area (Å²) < 4.78 is 28.7. The first-order valence-electron chi connectivity index (χ1n) is 6.20. The van der Waals surface area contributed by atoms with Gasteiger partial charge in [0.1, 0.15) is 4.90 Å². The lowest BCUT2D eigenvalue weighted by atomic mass is 10.1. The van der Waals surface area contributed by atoms with Crippen molar-refractivity contribution in [3.63, 3.8) is 0 Å². The van der Waals surface area contributed by atoms with E-state index >= 15 is 0 Å². The van der Waals surface area contributed by atoms with E-state index < -0.39 is 20.4 Å². The molecule has 1 unspecified atom stereocenters. The zero-order valence-electron chi connectivity index (χ0n) is 11.0. The van der Waals surface area contributed by atoms with E-state index in [2.05, 4.69) is 5.32 Å². The zero-order valence-corrected chi connectivity index (χ0v) is 11.9. The minimum absolute atomic E-state index is 0.00447. The van der Waals surface area contributed by atoms with Gasteiger partial charge in [-0.2, -0.15) is 0 Å². The number of hydrogen-bond donors (Lipinski definition) is 1. The van der Waals surface area contributed by atoms with Crippen molar-refractivity contribution >= 4 is 15.5 Å². The second kappa shape index (κ2) is 5.76. The molecule has 0 amide bonds. The van der Waals surface area contributed by atoms with Crippen molar-refractivity contribution in [2.24, 2.45) is 5.92 Å². The van der Waals surface area contributed by atoms with Gasteiger partial charge in [0.25, 0.3) is 0 Å². The summed E-state index contributed by atoms with van der Waals surface area (Å²) in [5.74, 6) is 0.293. The van der Waals surface area contributed by atoms with Crippen molar-refractivity contribution in [2.45, 2.75) is 11.3 Å². The summed E-state index contributed by atoms with van der Waals surface area (Å²) in [4.78, 5) is 10.1. The quantitative estimate of drug-likeness (QED) is 0.643. The third-order valence-corrected chi connectivity index (χ3v) is 4.31. The number of nitrogens with one attached hydrogen (secondary N) is 1. The predicted molar refractivity (Wildman–Crippen MR) is 72.7 cm³/mol. The lowest BCUT2D eigenvalue weighted by molar-refractivity contribution is -0.388. The second-order valence-corrected chi connectivity index (χ2v) is 6.79. The molecule has 0 aromatic heterocycles. The topological polar surface area (TPSA) is 98.5 Å². The molecule has 1 N–H and O–H groups in total. The Morgan fingerprint density at radius 1 is 1.50 bits per heavy atom. The van der Waals surface area contributed by atoms with Crippen LogP contribution in [0.25, 0.3) is 0 Å². The van der Waals surface area contributed by atoms with Crippen molar-refractivity contribution in [3.05, 3.63) is 28.3 Å². The fraction of sp³-hybridized carbons (Fsp3) is 0.500. The minimum atomic E-state index is -3.67. The van der Waals surface area contributed by atoms with E-state index in [9.17, 15) is 18.5 Å². The van der Waals surface area contributed by atoms with Crippen LogP contribution in [0.3, 0.4) is 0 Å². The summed E-state index contributed by atoms with van der Waals surface area (Å²) in [6.07, 6.45) is 1.89. The molecule has 1 aromatic carbocycles. The van der Waals surface area contributed by atoms with Crippen molar-refractivity contribution in [1.29, 1.82) is 0 Å². The van der Waals surface area contributed by atoms with Gasteiger partial charge in [-0.1, -0.05) is 6.07 Å². The van der Waals surface area contributed by atoms with Gasteiger partial charge in [-0.3, -0.25) is 10.1 Å². The van der Waals surface area contributed by atoms with Crippen LogP contribution in [-0.4, -0.2) is 39.3 Å². The molecule has 1 saturated heterocycles. The van der Waals surface area contributed by atoms with E-state index in [0.29, 0.717) is 6.61 Å². The first-order chi connectivity index (χ1) is 9.39. The molecular weight excluding hydrogens is 284 g/mol. The highest BCUT2D eigenvalue weighted by molar-refractivity contribution is 7.90. The fourth-order valence-electron chi connectivity index (χ4n) is 2.16. The van der Waals surface area contributed by atoms with Crippen molar-refractivity contribution in [2.75, 3.05) is 26.0 Å². The maximum absolute atomic E-state index is 11.6. The Bertz CT molecular complexity index is 608. The SMILES string of the molecule is CS(=O)(=O)c1cccc(OCC2CCNC2)c1[N+](=O)[O-]. The van der Waals surface area contributed by atoms with Crippen LogP contribution < -0.4 is 10.1 Å². The van der Waals surface area contributed by atoms with Crippen LogP contribution in [0.5, 0.6) is 5.75 Å². The van der Waals surface area contributed by atoms with Crippen molar-refractivity contribution in [1.82, 2.24) is 5.32 Å². The summed E-state index contributed by atoms with van der Waals surface area (Å²) >= 11 is 0. The van der Waals surface area contributed by atoms with Gasteiger partial charge in [0, 0.05) is 18.7 Å². The molecule has 110 valence electrons. The van der Waals surface area contributed by atoms with Crippen LogP contribution in [0.2, 0.25) is 0 Å². The monoisotopic (exact) mass is 300 g/mol. The molecule has 2 rings (SSSR count). The number of nitro benzene ring substituents is 1. The van der Waals surface area contributed by atoms with E-state index in [1.54, 1.807) is 0 Å². The molecule has 0 radical (unpaired) electrons. The van der Waals surface area contributed by atoms with Gasteiger partial charge in [-0.25, -0.2) is 8.42 Å². The first-order valence-corrected chi connectivity index (χ1v) is 8.09. The summed E-state index contributed by atoms with van der Waals surface area (Å²) in [5.41, 5.74) is -0.485. The highest BCUT2D eigenvalue weighted by atomic mass is 32.2. The molecule has 1 aromatic rings. The molecule has 0 bridgehead atoms. The van der Waals surface area contributed by atoms with E-state index in [0.717, 1.165) is 25.8 Å². The van der Waals surface area contributed by atoms with Crippen LogP contribution in [0.1, 0.15) is 6.42 Å². The number of nitrogens with zero attached hydrogens (tertiary/aromatic N) is 1. The lowest BCUT2D eigenvalue weighted by Crippen LogP contribution is -2.16. The van der Waals surface area contributed by atoms with E-state index in [1.807, 2.05) is 0 Å². The summed E-state index contributed by atoms with van der Waals surface area (Å²) in [6.45, 7) is 2.04. The van der Waals surface area contributed by atoms with Gasteiger partial charge >= 0.3 is 5.69 Å². The van der Waals surface area contributed by atoms with Gasteiger partial charge < -0.3 is 10.1 Å². The van der Waals surface area contributed by atoms with Gasteiger partial charge in [0.2, 0.25) is 0 Å². The minimum Gasteiger partial charge on any atom is -0.486 e. The van der Waals surface area contributed by atoms with E-state index in [-0.39, 0.29) is 16.6 Å². The lowest BCUT2D eigenvalue weighted by Gasteiger charge is -2.12. The van der Waals surface area contributed by atoms with Gasteiger partial charge in [-0.05, 0) is 25.1 Å². The third-order valence-electron chi connectivity index (χ3n) is 3.18. The van der Waals surface area contributed by atoms with Gasteiger partial charge in [-0.15, -0.1) is 0 Å². The van der Waals surface area contributed by atoms with Crippen molar-refractivity contribution < 1.29 is 18.1 Å².